The predicted octanol–water partition coefficient (Wildman–Crippen LogP) is 5.97. The van der Waals surface area contributed by atoms with Gasteiger partial charge in [0.15, 0.2) is 5.82 Å². The summed E-state index contributed by atoms with van der Waals surface area (Å²) in [5.74, 6) is 0.255. The molecule has 0 bridgehead atoms. The maximum absolute atomic E-state index is 13.4. The monoisotopic (exact) mass is 485 g/mol. The summed E-state index contributed by atoms with van der Waals surface area (Å²) in [5, 5.41) is 3.77. The van der Waals surface area contributed by atoms with Crippen molar-refractivity contribution in [2.24, 2.45) is 4.99 Å². The smallest absolute Gasteiger partial charge is 0.265 e. The molecule has 1 aliphatic rings. The number of hydrogen-bond acceptors (Lipinski definition) is 5. The normalized spacial score (nSPS) is 16.2. The highest BCUT2D eigenvalue weighted by atomic mass is 32.2. The molecule has 0 saturated heterocycles. The minimum Gasteiger partial charge on any atom is -0.265 e. The van der Waals surface area contributed by atoms with Gasteiger partial charge in [-0.3, -0.25) is 9.48 Å². The highest BCUT2D eigenvalue weighted by Gasteiger charge is 2.38. The number of alkyl halides is 6. The zero-order valence-corrected chi connectivity index (χ0v) is 17.5. The number of aliphatic imine (C=N–C) groups is 1. The van der Waals surface area contributed by atoms with Gasteiger partial charge in [0.2, 0.25) is 0 Å². The Labute approximate surface area is 186 Å². The topological polar surface area (TPSA) is 73.0 Å². The van der Waals surface area contributed by atoms with Crippen molar-refractivity contribution in [3.63, 3.8) is 0 Å². The average molecular weight is 485 g/mol. The second-order valence-electron chi connectivity index (χ2n) is 6.98. The number of fused-ring (bicyclic) bond motifs is 1. The molecule has 4 rings (SSSR count). The van der Waals surface area contributed by atoms with E-state index in [0.29, 0.717) is 28.6 Å². The van der Waals surface area contributed by atoms with Crippen LogP contribution in [0, 0.1) is 0 Å². The summed E-state index contributed by atoms with van der Waals surface area (Å²) in [4.78, 5) is 24.4. The Bertz CT molecular complexity index is 1310. The van der Waals surface area contributed by atoms with Crippen molar-refractivity contribution >= 4 is 39.8 Å². The molecule has 0 unspecified atom stereocenters. The van der Waals surface area contributed by atoms with E-state index in [1.807, 2.05) is 6.92 Å². The summed E-state index contributed by atoms with van der Waals surface area (Å²) in [6.45, 7) is 1.42. The van der Waals surface area contributed by atoms with Crippen LogP contribution in [0.25, 0.3) is 17.1 Å². The van der Waals surface area contributed by atoms with E-state index in [1.165, 1.54) is 12.4 Å². The van der Waals surface area contributed by atoms with Gasteiger partial charge in [0.05, 0.1) is 35.8 Å². The molecule has 6 nitrogen and oxygen atoms in total. The number of carbonyl (C=O) groups is 1. The predicted molar refractivity (Wildman–Crippen MR) is 110 cm³/mol. The van der Waals surface area contributed by atoms with Gasteiger partial charge in [-0.1, -0.05) is 13.0 Å². The Morgan fingerprint density at radius 2 is 1.85 bits per heavy atom. The van der Waals surface area contributed by atoms with Crippen molar-refractivity contribution in [3.05, 3.63) is 58.0 Å². The fraction of sp³-hybridized carbons (Fsp3) is 0.250. The van der Waals surface area contributed by atoms with E-state index < -0.39 is 30.0 Å². The fourth-order valence-corrected chi connectivity index (χ4v) is 4.00. The van der Waals surface area contributed by atoms with Gasteiger partial charge in [-0.25, -0.2) is 15.0 Å². The lowest BCUT2D eigenvalue weighted by molar-refractivity contribution is -0.143. The number of rotatable bonds is 4. The third kappa shape index (κ3) is 4.92. The van der Waals surface area contributed by atoms with E-state index in [1.54, 1.807) is 6.08 Å². The van der Waals surface area contributed by atoms with Gasteiger partial charge in [0, 0.05) is 4.91 Å². The molecule has 1 aromatic carbocycles. The summed E-state index contributed by atoms with van der Waals surface area (Å²) in [6.07, 6.45) is -5.02. The van der Waals surface area contributed by atoms with Crippen molar-refractivity contribution < 1.29 is 31.1 Å². The standard InChI is InChI=1S/C20H13F6N5OS/c1-2-13-16(33-18(32)29-13)6-17-27-7-14-15(28-17)9-31(30-14)8-10-3-4-11(19(21,22)23)5-12(10)20(24,25)26/h3-7,9H,2,8H2,1H3/b16-6-. The van der Waals surface area contributed by atoms with Gasteiger partial charge < -0.3 is 0 Å². The maximum atomic E-state index is 13.4. The number of carbonyl (C=O) groups excluding carboxylic acids is 1. The molecule has 172 valence electrons. The lowest BCUT2D eigenvalue weighted by atomic mass is 10.0. The maximum Gasteiger partial charge on any atom is 0.416 e. The number of allylic oxidation sites excluding steroid dienone is 1. The Morgan fingerprint density at radius 3 is 2.52 bits per heavy atom. The first-order valence-electron chi connectivity index (χ1n) is 9.43. The molecule has 0 aliphatic carbocycles. The van der Waals surface area contributed by atoms with E-state index in [-0.39, 0.29) is 28.2 Å². The molecular weight excluding hydrogens is 472 g/mol. The van der Waals surface area contributed by atoms with E-state index >= 15 is 0 Å². The van der Waals surface area contributed by atoms with E-state index in [0.717, 1.165) is 22.5 Å². The molecule has 3 aromatic rings. The summed E-state index contributed by atoms with van der Waals surface area (Å²) < 4.78 is 80.0. The van der Waals surface area contributed by atoms with Crippen LogP contribution in [0.1, 0.15) is 35.9 Å². The Hall–Kier alpha value is -3.22. The number of benzene rings is 1. The summed E-state index contributed by atoms with van der Waals surface area (Å²) in [6, 6.07) is 1.49. The zero-order valence-electron chi connectivity index (χ0n) is 16.7. The Kier molecular flexibility index (Phi) is 5.76. The summed E-state index contributed by atoms with van der Waals surface area (Å²) in [7, 11) is 0. The van der Waals surface area contributed by atoms with Gasteiger partial charge in [-0.15, -0.1) is 0 Å². The van der Waals surface area contributed by atoms with E-state index in [2.05, 4.69) is 20.1 Å². The van der Waals surface area contributed by atoms with Crippen LogP contribution < -0.4 is 0 Å². The second-order valence-corrected chi connectivity index (χ2v) is 7.97. The number of nitrogens with zero attached hydrogens (tertiary/aromatic N) is 5. The first kappa shape index (κ1) is 23.0. The van der Waals surface area contributed by atoms with Crippen LogP contribution in [-0.4, -0.2) is 30.7 Å². The molecule has 33 heavy (non-hydrogen) atoms. The summed E-state index contributed by atoms with van der Waals surface area (Å²) in [5.41, 5.74) is -1.93. The number of hydrogen-bond donors (Lipinski definition) is 0. The first-order valence-corrected chi connectivity index (χ1v) is 10.2. The number of halogens is 6. The van der Waals surface area contributed by atoms with Crippen LogP contribution in [-0.2, 0) is 18.9 Å². The third-order valence-electron chi connectivity index (χ3n) is 4.70. The molecule has 2 aromatic heterocycles. The molecule has 13 heteroatoms. The van der Waals surface area contributed by atoms with Crippen LogP contribution >= 0.6 is 11.8 Å². The largest absolute Gasteiger partial charge is 0.416 e. The second kappa shape index (κ2) is 8.28. The first-order chi connectivity index (χ1) is 15.4. The van der Waals surface area contributed by atoms with Crippen molar-refractivity contribution in [2.75, 3.05) is 0 Å². The number of thioether (sulfide) groups is 1. The molecule has 3 heterocycles. The van der Waals surface area contributed by atoms with Gasteiger partial charge in [0.1, 0.15) is 11.0 Å². The SMILES string of the molecule is CCC1=NC(=O)S/C1=C\c1ncc2nn(Cc3ccc(C(F)(F)F)cc3C(F)(F)F)cc2n1. The fourth-order valence-electron chi connectivity index (χ4n) is 3.19. The number of amides is 1. The van der Waals surface area contributed by atoms with Gasteiger partial charge in [0.25, 0.3) is 0 Å². The number of aromatic nitrogens is 4. The Morgan fingerprint density at radius 1 is 1.09 bits per heavy atom. The molecule has 0 radical (unpaired) electrons. The minimum atomic E-state index is -4.97. The van der Waals surface area contributed by atoms with Crippen molar-refractivity contribution in [1.82, 2.24) is 19.7 Å². The highest BCUT2D eigenvalue weighted by Crippen LogP contribution is 2.37. The van der Waals surface area contributed by atoms with Crippen LogP contribution in [0.5, 0.6) is 0 Å². The average Bonchev–Trinajstić information content (AvgIpc) is 3.28. The molecule has 0 saturated carbocycles. The molecule has 1 aliphatic heterocycles. The zero-order chi connectivity index (χ0) is 24.0. The lowest BCUT2D eigenvalue weighted by Crippen LogP contribution is -2.15. The molecule has 0 N–H and O–H groups in total. The van der Waals surface area contributed by atoms with Crippen molar-refractivity contribution in [2.45, 2.75) is 32.2 Å². The van der Waals surface area contributed by atoms with Gasteiger partial charge >= 0.3 is 17.6 Å². The highest BCUT2D eigenvalue weighted by molar-refractivity contribution is 8.18. The molecule has 0 fully saturated rings. The molecule has 0 atom stereocenters. The van der Waals surface area contributed by atoms with Crippen molar-refractivity contribution in [1.29, 1.82) is 0 Å². The third-order valence-corrected chi connectivity index (χ3v) is 5.54. The van der Waals surface area contributed by atoms with Crippen LogP contribution in [0.2, 0.25) is 0 Å². The van der Waals surface area contributed by atoms with E-state index in [4.69, 9.17) is 0 Å². The quantitative estimate of drug-likeness (QED) is 0.426. The van der Waals surface area contributed by atoms with Gasteiger partial charge in [-0.05, 0) is 42.0 Å². The van der Waals surface area contributed by atoms with Crippen LogP contribution in [0.4, 0.5) is 31.1 Å². The minimum absolute atomic E-state index is 0.0933. The van der Waals surface area contributed by atoms with Crippen LogP contribution in [0.15, 0.2) is 40.5 Å². The lowest BCUT2D eigenvalue weighted by Gasteiger charge is -2.16. The molecule has 1 amide bonds. The van der Waals surface area contributed by atoms with Crippen molar-refractivity contribution in [3.8, 4) is 0 Å². The summed E-state index contributed by atoms with van der Waals surface area (Å²) >= 11 is 0.943. The molecular formula is C20H13F6N5OS. The van der Waals surface area contributed by atoms with Crippen LogP contribution in [0.3, 0.4) is 0 Å². The van der Waals surface area contributed by atoms with E-state index in [9.17, 15) is 31.1 Å². The Balaban J connectivity index is 1.66. The molecule has 0 spiro atoms. The van der Waals surface area contributed by atoms with Gasteiger partial charge in [-0.2, -0.15) is 31.4 Å².